The van der Waals surface area contributed by atoms with Crippen LogP contribution < -0.4 is 9.47 Å². The maximum Gasteiger partial charge on any atom is 0.262 e. The molecule has 3 aromatic rings. The maximum absolute atomic E-state index is 9.67. The van der Waals surface area contributed by atoms with E-state index in [0.717, 1.165) is 17.8 Å². The molecule has 36 heavy (non-hydrogen) atoms. The molecule has 0 spiro atoms. The highest BCUT2D eigenvalue weighted by molar-refractivity contribution is 8.03. The first-order valence-corrected chi connectivity index (χ1v) is 14.1. The van der Waals surface area contributed by atoms with Gasteiger partial charge in [-0.2, -0.15) is 4.57 Å². The Morgan fingerprint density at radius 1 is 1.03 bits per heavy atom. The lowest BCUT2D eigenvalue weighted by atomic mass is 9.75. The van der Waals surface area contributed by atoms with Crippen molar-refractivity contribution in [3.63, 3.8) is 0 Å². The molecule has 2 aliphatic rings. The average molecular weight is 518 g/mol. The molecule has 0 saturated heterocycles. The zero-order valence-electron chi connectivity index (χ0n) is 20.9. The monoisotopic (exact) mass is 517 g/mol. The topological polar surface area (TPSA) is 47.6 Å². The molecule has 0 amide bonds. The number of aliphatic hydroxyl groups is 2. The van der Waals surface area contributed by atoms with E-state index in [0.29, 0.717) is 13.1 Å². The number of β-amino-alcohol motifs (C(OH)–C–C–N with tert-alkyl or cyclic N) is 1. The van der Waals surface area contributed by atoms with Gasteiger partial charge in [0.2, 0.25) is 5.52 Å². The van der Waals surface area contributed by atoms with Gasteiger partial charge in [-0.25, -0.2) is 0 Å². The number of rotatable bonds is 7. The largest absolute Gasteiger partial charge is 0.395 e. The fourth-order valence-corrected chi connectivity index (χ4v) is 7.38. The normalized spacial score (nSPS) is 19.6. The number of thioether (sulfide) groups is 1. The molecule has 1 aliphatic heterocycles. The summed E-state index contributed by atoms with van der Waals surface area (Å²) in [5.41, 5.74) is 5.16. The minimum absolute atomic E-state index is 0.122. The number of benzene rings is 2. The maximum atomic E-state index is 9.67. The van der Waals surface area contributed by atoms with Gasteiger partial charge in [-0.15, -0.1) is 0 Å². The minimum atomic E-state index is 0.122. The summed E-state index contributed by atoms with van der Waals surface area (Å²) in [6.07, 6.45) is 13.2. The highest BCUT2D eigenvalue weighted by Crippen LogP contribution is 2.47. The first kappa shape index (κ1) is 25.0. The predicted octanol–water partition coefficient (Wildman–Crippen LogP) is 6.31. The third-order valence-corrected chi connectivity index (χ3v) is 8.76. The highest BCUT2D eigenvalue weighted by atomic mass is 32.2. The summed E-state index contributed by atoms with van der Waals surface area (Å²) in [5, 5.41) is 21.6. The lowest BCUT2D eigenvalue weighted by molar-refractivity contribution is -0.670. The van der Waals surface area contributed by atoms with Gasteiger partial charge in [-0.3, -0.25) is 0 Å². The van der Waals surface area contributed by atoms with E-state index >= 15 is 0 Å². The average Bonchev–Trinajstić information content (AvgIpc) is 3.37. The molecule has 6 heteroatoms. The third-order valence-electron chi connectivity index (χ3n) is 6.51. The summed E-state index contributed by atoms with van der Waals surface area (Å²) in [6.45, 7) is 6.10. The van der Waals surface area contributed by atoms with Gasteiger partial charge in [0.15, 0.2) is 6.54 Å². The molecule has 2 aromatic carbocycles. The molecule has 0 fully saturated rings. The zero-order valence-corrected chi connectivity index (χ0v) is 22.5. The number of thiazole rings is 1. The molecule has 2 heterocycles. The fraction of sp³-hybridized carbons (Fsp3) is 0.300. The summed E-state index contributed by atoms with van der Waals surface area (Å²) in [4.78, 5) is 3.47. The van der Waals surface area contributed by atoms with Crippen molar-refractivity contribution in [1.29, 1.82) is 0 Å². The van der Waals surface area contributed by atoms with E-state index in [-0.39, 0.29) is 18.6 Å². The molecule has 1 aromatic heterocycles. The van der Waals surface area contributed by atoms with Crippen molar-refractivity contribution < 1.29 is 14.8 Å². The molecule has 0 radical (unpaired) electrons. The van der Waals surface area contributed by atoms with Crippen LogP contribution in [0.1, 0.15) is 31.7 Å². The van der Waals surface area contributed by atoms with Crippen molar-refractivity contribution in [2.75, 3.05) is 24.7 Å². The van der Waals surface area contributed by atoms with Crippen LogP contribution in [0.15, 0.2) is 93.9 Å². The van der Waals surface area contributed by atoms with Crippen LogP contribution >= 0.6 is 23.1 Å². The lowest BCUT2D eigenvalue weighted by Crippen LogP contribution is -2.36. The number of fused-ring (bicyclic) bond motifs is 2. The van der Waals surface area contributed by atoms with Gasteiger partial charge in [0.1, 0.15) is 11.3 Å². The summed E-state index contributed by atoms with van der Waals surface area (Å²) in [5.74, 6) is 0. The van der Waals surface area contributed by atoms with Gasteiger partial charge in [-0.1, -0.05) is 79.4 Å². The Morgan fingerprint density at radius 3 is 2.67 bits per heavy atom. The number of hydrogen-bond donors (Lipinski definition) is 2. The fourth-order valence-electron chi connectivity index (χ4n) is 5.12. The van der Waals surface area contributed by atoms with Crippen molar-refractivity contribution in [3.8, 4) is 0 Å². The second-order valence-corrected chi connectivity index (χ2v) is 12.2. The summed E-state index contributed by atoms with van der Waals surface area (Å²) >= 11 is 3.54. The smallest absolute Gasteiger partial charge is 0.262 e. The van der Waals surface area contributed by atoms with Crippen molar-refractivity contribution in [2.45, 2.75) is 38.1 Å². The molecule has 1 aliphatic carbocycles. The standard InChI is InChI=1S/C30H33N2O2S2/c1-30(2)20-22(8-7-13-28-31(14-16-33)24-9-3-5-11-26(24)35-28)18-23(21-30)19-29-32(15-17-34)25-10-4-6-12-27(25)36-29/h3-13,18-19,33-34H,14-17,20-21H2,1-2H3/q+1. The molecular weight excluding hydrogens is 484 g/mol. The van der Waals surface area contributed by atoms with Gasteiger partial charge < -0.3 is 15.1 Å². The number of aliphatic hydroxyl groups excluding tert-OH is 2. The summed E-state index contributed by atoms with van der Waals surface area (Å²) < 4.78 is 3.42. The van der Waals surface area contributed by atoms with Crippen LogP contribution in [0.5, 0.6) is 0 Å². The van der Waals surface area contributed by atoms with Crippen molar-refractivity contribution >= 4 is 45.1 Å². The van der Waals surface area contributed by atoms with E-state index in [1.165, 1.54) is 37.0 Å². The molecule has 2 N–H and O–H groups in total. The third kappa shape index (κ3) is 5.37. The van der Waals surface area contributed by atoms with E-state index in [1.54, 1.807) is 23.1 Å². The van der Waals surface area contributed by atoms with Gasteiger partial charge in [0.25, 0.3) is 5.01 Å². The van der Waals surface area contributed by atoms with E-state index in [9.17, 15) is 10.2 Å². The minimum Gasteiger partial charge on any atom is -0.395 e. The number of allylic oxidation sites excluding steroid dienone is 6. The second kappa shape index (κ2) is 10.8. The number of hydrogen-bond acceptors (Lipinski definition) is 5. The molecule has 186 valence electrons. The Bertz CT molecular complexity index is 1380. The van der Waals surface area contributed by atoms with Crippen LogP contribution in [0.4, 0.5) is 5.69 Å². The van der Waals surface area contributed by atoms with Crippen molar-refractivity contribution in [2.24, 2.45) is 5.41 Å². The Kier molecular flexibility index (Phi) is 7.49. The SMILES string of the molecule is CC1(C)CC(=CC=Cc2sc3ccccc3[n+]2CCO)C=C(C=C2Sc3ccccc3N2CCO)C1. The number of anilines is 1. The number of nitrogens with zero attached hydrogens (tertiary/aromatic N) is 2. The molecular formula is C30H33N2O2S2+. The first-order chi connectivity index (χ1) is 17.5. The first-order valence-electron chi connectivity index (χ1n) is 12.4. The van der Waals surface area contributed by atoms with E-state index in [1.807, 2.05) is 6.07 Å². The van der Waals surface area contributed by atoms with Gasteiger partial charge >= 0.3 is 0 Å². The van der Waals surface area contributed by atoms with Crippen LogP contribution in [0.25, 0.3) is 16.3 Å². The van der Waals surface area contributed by atoms with E-state index in [2.05, 4.69) is 96.2 Å². The Balaban J connectivity index is 1.43. The quantitative estimate of drug-likeness (QED) is 0.361. The molecule has 0 bridgehead atoms. The Morgan fingerprint density at radius 2 is 1.83 bits per heavy atom. The number of aromatic nitrogens is 1. The molecule has 0 unspecified atom stereocenters. The lowest BCUT2D eigenvalue weighted by Gasteiger charge is -2.31. The summed E-state index contributed by atoms with van der Waals surface area (Å²) in [6, 6.07) is 16.8. The van der Waals surface area contributed by atoms with Gasteiger partial charge in [0, 0.05) is 23.6 Å². The molecule has 0 saturated carbocycles. The predicted molar refractivity (Wildman–Crippen MR) is 152 cm³/mol. The van der Waals surface area contributed by atoms with Crippen LogP contribution in [-0.4, -0.2) is 30.0 Å². The van der Waals surface area contributed by atoms with E-state index in [4.69, 9.17) is 0 Å². The van der Waals surface area contributed by atoms with Crippen LogP contribution in [0, 0.1) is 5.41 Å². The highest BCUT2D eigenvalue weighted by Gasteiger charge is 2.28. The van der Waals surface area contributed by atoms with E-state index < -0.39 is 0 Å². The van der Waals surface area contributed by atoms with Crippen LogP contribution in [0.2, 0.25) is 0 Å². The Labute approximate surface area is 221 Å². The second-order valence-electron chi connectivity index (χ2n) is 10.0. The van der Waals surface area contributed by atoms with Gasteiger partial charge in [0.05, 0.1) is 17.3 Å². The summed E-state index contributed by atoms with van der Waals surface area (Å²) in [7, 11) is 0. The molecule has 5 rings (SSSR count). The molecule has 4 nitrogen and oxygen atoms in total. The number of para-hydroxylation sites is 2. The van der Waals surface area contributed by atoms with Gasteiger partial charge in [-0.05, 0) is 53.7 Å². The zero-order chi connectivity index (χ0) is 25.1. The van der Waals surface area contributed by atoms with Crippen molar-refractivity contribution in [3.05, 3.63) is 94.0 Å². The van der Waals surface area contributed by atoms with Crippen LogP contribution in [-0.2, 0) is 6.54 Å². The van der Waals surface area contributed by atoms with Crippen LogP contribution in [0.3, 0.4) is 0 Å². The molecule has 0 atom stereocenters. The Hall–Kier alpha value is -2.64. The van der Waals surface area contributed by atoms with Crippen molar-refractivity contribution in [1.82, 2.24) is 0 Å².